The van der Waals surface area contributed by atoms with Gasteiger partial charge in [0.25, 0.3) is 0 Å². The lowest BCUT2D eigenvalue weighted by atomic mass is 9.73. The molecule has 3 rings (SSSR count). The summed E-state index contributed by atoms with van der Waals surface area (Å²) in [6, 6.07) is 19.4. The van der Waals surface area contributed by atoms with E-state index in [4.69, 9.17) is 0 Å². The second kappa shape index (κ2) is 9.52. The molecule has 2 atom stereocenters. The van der Waals surface area contributed by atoms with Crippen molar-refractivity contribution in [1.82, 2.24) is 4.90 Å². The van der Waals surface area contributed by atoms with Gasteiger partial charge in [0.2, 0.25) is 5.91 Å². The van der Waals surface area contributed by atoms with Gasteiger partial charge in [0.1, 0.15) is 5.41 Å². The Balaban J connectivity index is 1.68. The number of rotatable bonds is 7. The predicted molar refractivity (Wildman–Crippen MR) is 112 cm³/mol. The van der Waals surface area contributed by atoms with Crippen LogP contribution in [0, 0.1) is 5.41 Å². The van der Waals surface area contributed by atoms with Gasteiger partial charge in [0, 0.05) is 19.2 Å². The van der Waals surface area contributed by atoms with Crippen molar-refractivity contribution in [3.63, 3.8) is 0 Å². The van der Waals surface area contributed by atoms with E-state index < -0.39 is 17.5 Å². The zero-order chi connectivity index (χ0) is 20.7. The molecule has 152 valence electrons. The van der Waals surface area contributed by atoms with Crippen LogP contribution in [0.15, 0.2) is 66.7 Å². The fourth-order valence-corrected chi connectivity index (χ4v) is 3.92. The van der Waals surface area contributed by atoms with E-state index in [0.29, 0.717) is 19.4 Å². The quantitative estimate of drug-likeness (QED) is 0.707. The first-order valence-electron chi connectivity index (χ1n) is 9.99. The van der Waals surface area contributed by atoms with Crippen molar-refractivity contribution in [3.8, 4) is 0 Å². The number of piperidine rings is 1. The summed E-state index contributed by atoms with van der Waals surface area (Å²) in [5, 5.41) is 20.5. The third-order valence-electron chi connectivity index (χ3n) is 5.67. The SMILES string of the molecule is O=C(C=Cc1ccccc1)N1CC[C@H](O)[C@](CCCc2ccccc2)(C(=O)O)C1. The number of aliphatic hydroxyl groups excluding tert-OH is 1. The van der Waals surface area contributed by atoms with Crippen LogP contribution in [-0.4, -0.2) is 46.2 Å². The lowest BCUT2D eigenvalue weighted by Gasteiger charge is -2.43. The van der Waals surface area contributed by atoms with Crippen molar-refractivity contribution < 1.29 is 19.8 Å². The Morgan fingerprint density at radius 3 is 2.38 bits per heavy atom. The van der Waals surface area contributed by atoms with Crippen LogP contribution in [0.3, 0.4) is 0 Å². The summed E-state index contributed by atoms with van der Waals surface area (Å²) in [5.74, 6) is -1.27. The van der Waals surface area contributed by atoms with E-state index in [1.165, 1.54) is 6.08 Å². The lowest BCUT2D eigenvalue weighted by Crippen LogP contribution is -2.57. The van der Waals surface area contributed by atoms with Gasteiger partial charge in [-0.05, 0) is 42.9 Å². The molecule has 2 aromatic carbocycles. The molecular formula is C24H27NO4. The van der Waals surface area contributed by atoms with Crippen LogP contribution in [0.25, 0.3) is 6.08 Å². The molecule has 2 aromatic rings. The van der Waals surface area contributed by atoms with E-state index in [2.05, 4.69) is 0 Å². The molecule has 0 spiro atoms. The molecule has 0 radical (unpaired) electrons. The summed E-state index contributed by atoms with van der Waals surface area (Å²) in [5.41, 5.74) is 0.714. The molecule has 1 fully saturated rings. The first-order chi connectivity index (χ1) is 14.0. The summed E-state index contributed by atoms with van der Waals surface area (Å²) in [6.07, 6.45) is 4.21. The summed E-state index contributed by atoms with van der Waals surface area (Å²) in [6.45, 7) is 0.378. The van der Waals surface area contributed by atoms with Gasteiger partial charge in [-0.15, -0.1) is 0 Å². The zero-order valence-electron chi connectivity index (χ0n) is 16.4. The Morgan fingerprint density at radius 1 is 1.07 bits per heavy atom. The van der Waals surface area contributed by atoms with Gasteiger partial charge >= 0.3 is 5.97 Å². The summed E-state index contributed by atoms with van der Waals surface area (Å²) in [7, 11) is 0. The smallest absolute Gasteiger partial charge is 0.314 e. The molecule has 0 aromatic heterocycles. The number of carboxylic acid groups (broad SMARTS) is 1. The number of carbonyl (C=O) groups is 2. The zero-order valence-corrected chi connectivity index (χ0v) is 16.4. The van der Waals surface area contributed by atoms with Gasteiger partial charge in [-0.2, -0.15) is 0 Å². The molecule has 2 N–H and O–H groups in total. The van der Waals surface area contributed by atoms with Crippen LogP contribution in [0.4, 0.5) is 0 Å². The van der Waals surface area contributed by atoms with Gasteiger partial charge in [-0.3, -0.25) is 9.59 Å². The lowest BCUT2D eigenvalue weighted by molar-refractivity contribution is -0.166. The summed E-state index contributed by atoms with van der Waals surface area (Å²) in [4.78, 5) is 26.4. The number of aliphatic carboxylic acids is 1. The monoisotopic (exact) mass is 393 g/mol. The second-order valence-electron chi connectivity index (χ2n) is 7.61. The number of carbonyl (C=O) groups excluding carboxylic acids is 1. The Labute approximate surface area is 171 Å². The first kappa shape index (κ1) is 20.8. The predicted octanol–water partition coefficient (Wildman–Crippen LogP) is 3.39. The third kappa shape index (κ3) is 5.12. The number of amides is 1. The fourth-order valence-electron chi connectivity index (χ4n) is 3.92. The Bertz CT molecular complexity index is 850. The van der Waals surface area contributed by atoms with E-state index in [-0.39, 0.29) is 18.9 Å². The number of aryl methyl sites for hydroxylation is 1. The summed E-state index contributed by atoms with van der Waals surface area (Å²) >= 11 is 0. The largest absolute Gasteiger partial charge is 0.481 e. The van der Waals surface area contributed by atoms with Crippen molar-refractivity contribution in [2.75, 3.05) is 13.1 Å². The number of hydrogen-bond acceptors (Lipinski definition) is 3. The van der Waals surface area contributed by atoms with Crippen LogP contribution < -0.4 is 0 Å². The van der Waals surface area contributed by atoms with Crippen LogP contribution in [0.2, 0.25) is 0 Å². The van der Waals surface area contributed by atoms with Gasteiger partial charge in [-0.25, -0.2) is 0 Å². The molecule has 29 heavy (non-hydrogen) atoms. The van der Waals surface area contributed by atoms with Gasteiger partial charge in [0.05, 0.1) is 6.10 Å². The molecule has 1 saturated heterocycles. The maximum Gasteiger partial charge on any atom is 0.314 e. The Hall–Kier alpha value is -2.92. The molecule has 0 saturated carbocycles. The van der Waals surface area contributed by atoms with Crippen molar-refractivity contribution in [2.45, 2.75) is 31.8 Å². The standard InChI is InChI=1S/C24H27NO4/c26-21-15-17-25(22(27)14-13-20-10-5-2-6-11-20)18-24(21,23(28)29)16-7-12-19-8-3-1-4-9-19/h1-6,8-11,13-14,21,26H,7,12,15-18H2,(H,28,29)/t21-,24+/m0/s1. The van der Waals surface area contributed by atoms with Gasteiger partial charge in [0.15, 0.2) is 0 Å². The van der Waals surface area contributed by atoms with E-state index in [1.54, 1.807) is 11.0 Å². The Kier molecular flexibility index (Phi) is 6.83. The van der Waals surface area contributed by atoms with Gasteiger partial charge in [-0.1, -0.05) is 60.7 Å². The van der Waals surface area contributed by atoms with Crippen molar-refractivity contribution >= 4 is 18.0 Å². The highest BCUT2D eigenvalue weighted by atomic mass is 16.4. The van der Waals surface area contributed by atoms with E-state index in [1.807, 2.05) is 60.7 Å². The van der Waals surface area contributed by atoms with Crippen LogP contribution in [0.1, 0.15) is 30.4 Å². The number of hydrogen-bond donors (Lipinski definition) is 2. The highest BCUT2D eigenvalue weighted by Crippen LogP contribution is 2.36. The first-order valence-corrected chi connectivity index (χ1v) is 9.99. The molecule has 5 heteroatoms. The molecule has 0 bridgehead atoms. The average Bonchev–Trinajstić information content (AvgIpc) is 2.74. The van der Waals surface area contributed by atoms with E-state index in [0.717, 1.165) is 17.5 Å². The molecule has 0 unspecified atom stereocenters. The third-order valence-corrected chi connectivity index (χ3v) is 5.67. The van der Waals surface area contributed by atoms with Crippen molar-refractivity contribution in [3.05, 3.63) is 77.9 Å². The number of benzene rings is 2. The van der Waals surface area contributed by atoms with Gasteiger partial charge < -0.3 is 15.1 Å². The molecular weight excluding hydrogens is 366 g/mol. The molecule has 1 aliphatic rings. The molecule has 5 nitrogen and oxygen atoms in total. The molecule has 0 aliphatic carbocycles. The van der Waals surface area contributed by atoms with E-state index in [9.17, 15) is 19.8 Å². The molecule has 1 aliphatic heterocycles. The number of aliphatic hydroxyl groups is 1. The Morgan fingerprint density at radius 2 is 1.72 bits per heavy atom. The molecule has 1 heterocycles. The van der Waals surface area contributed by atoms with Crippen LogP contribution >= 0.6 is 0 Å². The average molecular weight is 393 g/mol. The molecule has 1 amide bonds. The van der Waals surface area contributed by atoms with Crippen molar-refractivity contribution in [2.24, 2.45) is 5.41 Å². The maximum absolute atomic E-state index is 12.6. The normalized spacial score (nSPS) is 22.0. The van der Waals surface area contributed by atoms with Crippen LogP contribution in [0.5, 0.6) is 0 Å². The fraction of sp³-hybridized carbons (Fsp3) is 0.333. The minimum atomic E-state index is -1.33. The maximum atomic E-state index is 12.6. The number of nitrogens with zero attached hydrogens (tertiary/aromatic N) is 1. The van der Waals surface area contributed by atoms with E-state index >= 15 is 0 Å². The van der Waals surface area contributed by atoms with Crippen molar-refractivity contribution in [1.29, 1.82) is 0 Å². The minimum Gasteiger partial charge on any atom is -0.481 e. The highest BCUT2D eigenvalue weighted by Gasteiger charge is 2.49. The number of carboxylic acids is 1. The number of likely N-dealkylation sites (tertiary alicyclic amines) is 1. The van der Waals surface area contributed by atoms with Crippen LogP contribution in [-0.2, 0) is 16.0 Å². The highest BCUT2D eigenvalue weighted by molar-refractivity contribution is 5.92. The minimum absolute atomic E-state index is 0.0241. The topological polar surface area (TPSA) is 77.8 Å². The second-order valence-corrected chi connectivity index (χ2v) is 7.61. The summed E-state index contributed by atoms with van der Waals surface area (Å²) < 4.78 is 0.